The van der Waals surface area contributed by atoms with Gasteiger partial charge < -0.3 is 14.9 Å². The number of rotatable bonds is 9. The van der Waals surface area contributed by atoms with E-state index in [2.05, 4.69) is 16.4 Å². The first-order valence-corrected chi connectivity index (χ1v) is 13.5. The van der Waals surface area contributed by atoms with Gasteiger partial charge in [-0.25, -0.2) is 4.39 Å². The van der Waals surface area contributed by atoms with E-state index in [4.69, 9.17) is 16.3 Å². The van der Waals surface area contributed by atoms with Crippen molar-refractivity contribution in [2.75, 3.05) is 0 Å². The van der Waals surface area contributed by atoms with E-state index in [0.29, 0.717) is 51.4 Å². The first-order chi connectivity index (χ1) is 19.8. The van der Waals surface area contributed by atoms with Crippen LogP contribution in [-0.4, -0.2) is 33.3 Å². The Hall–Kier alpha value is -4.29. The number of hydrogen-bond acceptors (Lipinski definition) is 6. The Bertz CT molecular complexity index is 1650. The number of aliphatic hydroxyl groups excluding tert-OH is 1. The standard InChI is InChI=1S/C32H27ClFN3O4/c1-18(38)31(32(39)40)37-17-21-12-27(33)30(13-26(21)20-11-19(14-35)15-36-16-20)41-29-10-9-23-22(6-4-7-25(23)29)24-5-2-3-8-28(24)34/h2-8,11-13,15-16,18,29,31,37-38H,9-10,17H2,1H3,(H,39,40)/t18-,29+,31+/m1/s1. The highest BCUT2D eigenvalue weighted by Gasteiger charge is 2.29. The second-order valence-electron chi connectivity index (χ2n) is 9.95. The van der Waals surface area contributed by atoms with Crippen LogP contribution in [0, 0.1) is 17.1 Å². The molecule has 0 amide bonds. The minimum absolute atomic E-state index is 0.0756. The molecule has 1 aromatic heterocycles. The number of aliphatic hydroxyl groups is 1. The van der Waals surface area contributed by atoms with E-state index in [9.17, 15) is 24.7 Å². The van der Waals surface area contributed by atoms with Crippen molar-refractivity contribution in [2.24, 2.45) is 0 Å². The molecule has 3 atom stereocenters. The fraction of sp³-hybridized carbons (Fsp3) is 0.219. The summed E-state index contributed by atoms with van der Waals surface area (Å²) in [5.74, 6) is -1.06. The van der Waals surface area contributed by atoms with Gasteiger partial charge in [0.1, 0.15) is 29.8 Å². The fourth-order valence-electron chi connectivity index (χ4n) is 5.26. The van der Waals surface area contributed by atoms with Gasteiger partial charge in [0, 0.05) is 30.1 Å². The highest BCUT2D eigenvalue weighted by atomic mass is 35.5. The Morgan fingerprint density at radius 1 is 1.17 bits per heavy atom. The molecule has 0 unspecified atom stereocenters. The minimum Gasteiger partial charge on any atom is -0.484 e. The molecule has 0 bridgehead atoms. The van der Waals surface area contributed by atoms with E-state index in [-0.39, 0.29) is 18.5 Å². The predicted molar refractivity (Wildman–Crippen MR) is 153 cm³/mol. The second-order valence-corrected chi connectivity index (χ2v) is 10.4. The van der Waals surface area contributed by atoms with Crippen LogP contribution in [0.25, 0.3) is 22.3 Å². The van der Waals surface area contributed by atoms with Crippen LogP contribution in [0.3, 0.4) is 0 Å². The number of carboxylic acids is 1. The average Bonchev–Trinajstić information content (AvgIpc) is 3.37. The van der Waals surface area contributed by atoms with Crippen molar-refractivity contribution in [3.05, 3.63) is 106 Å². The molecule has 3 aromatic carbocycles. The molecule has 7 nitrogen and oxygen atoms in total. The van der Waals surface area contributed by atoms with Crippen molar-refractivity contribution in [3.63, 3.8) is 0 Å². The Morgan fingerprint density at radius 2 is 1.95 bits per heavy atom. The normalized spacial score (nSPS) is 15.5. The number of pyridine rings is 1. The molecule has 3 N–H and O–H groups in total. The second kappa shape index (κ2) is 12.1. The van der Waals surface area contributed by atoms with Crippen LogP contribution in [0.4, 0.5) is 4.39 Å². The molecule has 5 rings (SSSR count). The van der Waals surface area contributed by atoms with Crippen LogP contribution in [0.5, 0.6) is 5.75 Å². The summed E-state index contributed by atoms with van der Waals surface area (Å²) >= 11 is 6.71. The number of carbonyl (C=O) groups is 1. The third kappa shape index (κ3) is 5.93. The summed E-state index contributed by atoms with van der Waals surface area (Å²) < 4.78 is 21.1. The SMILES string of the molecule is C[C@@H](O)[C@H](NCc1cc(Cl)c(O[C@H]2CCc3c(-c4ccccc4F)cccc32)cc1-c1cncc(C#N)c1)C(=O)O. The molecule has 4 aromatic rings. The lowest BCUT2D eigenvalue weighted by molar-refractivity contribution is -0.142. The highest BCUT2D eigenvalue weighted by Crippen LogP contribution is 2.43. The number of nitriles is 1. The lowest BCUT2D eigenvalue weighted by atomic mass is 9.96. The zero-order valence-electron chi connectivity index (χ0n) is 22.1. The van der Waals surface area contributed by atoms with E-state index in [1.807, 2.05) is 24.3 Å². The van der Waals surface area contributed by atoms with Gasteiger partial charge in [0.15, 0.2) is 0 Å². The number of halogens is 2. The monoisotopic (exact) mass is 571 g/mol. The van der Waals surface area contributed by atoms with Gasteiger partial charge in [0.25, 0.3) is 0 Å². The van der Waals surface area contributed by atoms with Crippen LogP contribution in [0.1, 0.15) is 41.7 Å². The number of hydrogen-bond donors (Lipinski definition) is 3. The maximum absolute atomic E-state index is 14.6. The molecule has 1 aliphatic carbocycles. The molecular formula is C32H27ClFN3O4. The zero-order valence-corrected chi connectivity index (χ0v) is 22.9. The van der Waals surface area contributed by atoms with Crippen molar-refractivity contribution in [3.8, 4) is 34.1 Å². The van der Waals surface area contributed by atoms with Gasteiger partial charge >= 0.3 is 5.97 Å². The molecule has 0 saturated carbocycles. The van der Waals surface area contributed by atoms with Crippen LogP contribution in [-0.2, 0) is 17.8 Å². The third-order valence-electron chi connectivity index (χ3n) is 7.25. The number of carboxylic acid groups (broad SMARTS) is 1. The summed E-state index contributed by atoms with van der Waals surface area (Å²) in [7, 11) is 0. The summed E-state index contributed by atoms with van der Waals surface area (Å²) in [5, 5.41) is 32.0. The topological polar surface area (TPSA) is 115 Å². The van der Waals surface area contributed by atoms with Gasteiger partial charge in [0.2, 0.25) is 0 Å². The minimum atomic E-state index is -1.19. The summed E-state index contributed by atoms with van der Waals surface area (Å²) in [6.07, 6.45) is 2.99. The maximum Gasteiger partial charge on any atom is 0.323 e. The molecule has 0 radical (unpaired) electrons. The van der Waals surface area contributed by atoms with Crippen LogP contribution >= 0.6 is 11.6 Å². The van der Waals surface area contributed by atoms with Gasteiger partial charge in [0.05, 0.1) is 16.7 Å². The lowest BCUT2D eigenvalue weighted by Gasteiger charge is -2.21. The lowest BCUT2D eigenvalue weighted by Crippen LogP contribution is -2.44. The number of benzene rings is 3. The highest BCUT2D eigenvalue weighted by molar-refractivity contribution is 6.32. The van der Waals surface area contributed by atoms with Crippen LogP contribution in [0.2, 0.25) is 5.02 Å². The van der Waals surface area contributed by atoms with Crippen molar-refractivity contribution in [2.45, 2.75) is 44.6 Å². The molecule has 41 heavy (non-hydrogen) atoms. The molecule has 208 valence electrons. The Kier molecular flexibility index (Phi) is 8.31. The van der Waals surface area contributed by atoms with Crippen molar-refractivity contribution in [1.82, 2.24) is 10.3 Å². The number of nitrogens with one attached hydrogen (secondary N) is 1. The maximum atomic E-state index is 14.6. The first kappa shape index (κ1) is 28.2. The number of aliphatic carboxylic acids is 1. The van der Waals surface area contributed by atoms with Gasteiger partial charge in [-0.1, -0.05) is 48.0 Å². The van der Waals surface area contributed by atoms with E-state index < -0.39 is 18.1 Å². The summed E-state index contributed by atoms with van der Waals surface area (Å²) in [6.45, 7) is 1.47. The molecule has 1 aliphatic rings. The largest absolute Gasteiger partial charge is 0.484 e. The molecule has 0 saturated heterocycles. The average molecular weight is 572 g/mol. The van der Waals surface area contributed by atoms with E-state index >= 15 is 0 Å². The quantitative estimate of drug-likeness (QED) is 0.223. The van der Waals surface area contributed by atoms with Crippen LogP contribution < -0.4 is 10.1 Å². The van der Waals surface area contributed by atoms with Gasteiger partial charge in [-0.15, -0.1) is 0 Å². The fourth-order valence-corrected chi connectivity index (χ4v) is 5.49. The number of nitrogens with zero attached hydrogens (tertiary/aromatic N) is 2. The van der Waals surface area contributed by atoms with Crippen LogP contribution in [0.15, 0.2) is 73.1 Å². The van der Waals surface area contributed by atoms with Gasteiger partial charge in [-0.3, -0.25) is 15.1 Å². The van der Waals surface area contributed by atoms with Gasteiger partial charge in [-0.2, -0.15) is 5.26 Å². The van der Waals surface area contributed by atoms with Crippen molar-refractivity contribution >= 4 is 17.6 Å². The van der Waals surface area contributed by atoms with E-state index in [1.165, 1.54) is 19.2 Å². The summed E-state index contributed by atoms with van der Waals surface area (Å²) in [5.41, 5.74) is 5.65. The van der Waals surface area contributed by atoms with Gasteiger partial charge in [-0.05, 0) is 71.8 Å². The Balaban J connectivity index is 1.51. The van der Waals surface area contributed by atoms with Crippen molar-refractivity contribution < 1.29 is 24.1 Å². The van der Waals surface area contributed by atoms with E-state index in [0.717, 1.165) is 16.7 Å². The third-order valence-corrected chi connectivity index (χ3v) is 7.54. The number of aromatic nitrogens is 1. The molecule has 1 heterocycles. The number of fused-ring (bicyclic) bond motifs is 1. The zero-order chi connectivity index (χ0) is 29.1. The predicted octanol–water partition coefficient (Wildman–Crippen LogP) is 6.07. The Labute approximate surface area is 241 Å². The smallest absolute Gasteiger partial charge is 0.323 e. The number of ether oxygens (including phenoxy) is 1. The molecule has 9 heteroatoms. The van der Waals surface area contributed by atoms with Crippen molar-refractivity contribution in [1.29, 1.82) is 5.26 Å². The summed E-state index contributed by atoms with van der Waals surface area (Å²) in [6, 6.07) is 18.5. The molecule has 0 fully saturated rings. The Morgan fingerprint density at radius 3 is 2.68 bits per heavy atom. The molecular weight excluding hydrogens is 545 g/mol. The molecule has 0 spiro atoms. The molecule has 0 aliphatic heterocycles. The first-order valence-electron chi connectivity index (χ1n) is 13.1. The summed E-state index contributed by atoms with van der Waals surface area (Å²) in [4.78, 5) is 15.8. The van der Waals surface area contributed by atoms with E-state index in [1.54, 1.807) is 36.5 Å².